The van der Waals surface area contributed by atoms with Crippen molar-refractivity contribution in [1.29, 1.82) is 0 Å². The maximum Gasteiger partial charge on any atom is 0.138 e. The highest BCUT2D eigenvalue weighted by molar-refractivity contribution is 6.03. The van der Waals surface area contributed by atoms with E-state index in [9.17, 15) is 4.39 Å². The first kappa shape index (κ1) is 16.1. The van der Waals surface area contributed by atoms with Gasteiger partial charge in [-0.2, -0.15) is 0 Å². The van der Waals surface area contributed by atoms with Gasteiger partial charge in [-0.1, -0.05) is 12.1 Å². The number of ether oxygens (including phenoxy) is 2. The van der Waals surface area contributed by atoms with Crippen LogP contribution in [0, 0.1) is 5.82 Å². The van der Waals surface area contributed by atoms with E-state index < -0.39 is 0 Å². The van der Waals surface area contributed by atoms with Gasteiger partial charge < -0.3 is 14.5 Å². The van der Waals surface area contributed by atoms with Gasteiger partial charge >= 0.3 is 0 Å². The van der Waals surface area contributed by atoms with E-state index in [0.29, 0.717) is 22.7 Å². The molecule has 2 heterocycles. The highest BCUT2D eigenvalue weighted by Crippen LogP contribution is 2.42. The van der Waals surface area contributed by atoms with Gasteiger partial charge in [0.05, 0.1) is 19.9 Å². The number of nitrogens with zero attached hydrogens (tertiary/aromatic N) is 1. The van der Waals surface area contributed by atoms with Crippen LogP contribution in [0.15, 0.2) is 60.8 Å². The molecule has 5 heteroatoms. The summed E-state index contributed by atoms with van der Waals surface area (Å²) in [5, 5.41) is 0.834. The molecule has 0 radical (unpaired) electrons. The van der Waals surface area contributed by atoms with E-state index in [0.717, 1.165) is 22.2 Å². The molecule has 1 N–H and O–H groups in total. The van der Waals surface area contributed by atoms with Gasteiger partial charge in [-0.25, -0.2) is 9.37 Å². The number of halogens is 1. The molecule has 4 aromatic rings. The van der Waals surface area contributed by atoms with E-state index in [4.69, 9.17) is 9.47 Å². The Morgan fingerprint density at radius 2 is 1.77 bits per heavy atom. The Kier molecular flexibility index (Phi) is 4.05. The van der Waals surface area contributed by atoms with Gasteiger partial charge in [0.1, 0.15) is 23.0 Å². The molecular formula is C21H17FN2O2. The topological polar surface area (TPSA) is 47.1 Å². The van der Waals surface area contributed by atoms with E-state index in [-0.39, 0.29) is 5.82 Å². The van der Waals surface area contributed by atoms with Gasteiger partial charge in [-0.15, -0.1) is 0 Å². The zero-order valence-electron chi connectivity index (χ0n) is 14.4. The second-order valence-electron chi connectivity index (χ2n) is 5.82. The Hall–Kier alpha value is -3.34. The molecule has 130 valence electrons. The zero-order chi connectivity index (χ0) is 18.1. The zero-order valence-corrected chi connectivity index (χ0v) is 14.4. The third-order valence-electron chi connectivity index (χ3n) is 4.39. The Labute approximate surface area is 150 Å². The monoisotopic (exact) mass is 348 g/mol. The Bertz CT molecular complexity index is 1090. The van der Waals surface area contributed by atoms with Crippen LogP contribution >= 0.6 is 0 Å². The van der Waals surface area contributed by atoms with Gasteiger partial charge in [0, 0.05) is 28.3 Å². The summed E-state index contributed by atoms with van der Waals surface area (Å²) in [6.45, 7) is 0. The molecule has 4 nitrogen and oxygen atoms in total. The number of fused-ring (bicyclic) bond motifs is 1. The fourth-order valence-corrected chi connectivity index (χ4v) is 3.18. The number of benzene rings is 2. The van der Waals surface area contributed by atoms with Crippen LogP contribution in [0.1, 0.15) is 0 Å². The summed E-state index contributed by atoms with van der Waals surface area (Å²) < 4.78 is 25.6. The number of hydrogen-bond acceptors (Lipinski definition) is 3. The summed E-state index contributed by atoms with van der Waals surface area (Å²) in [6.07, 6.45) is 1.70. The quantitative estimate of drug-likeness (QED) is 0.561. The fraction of sp³-hybridized carbons (Fsp3) is 0.0952. The number of H-pyrrole nitrogens is 1. The third-order valence-corrected chi connectivity index (χ3v) is 4.39. The number of aromatic nitrogens is 2. The highest BCUT2D eigenvalue weighted by Gasteiger charge is 2.21. The van der Waals surface area contributed by atoms with Crippen molar-refractivity contribution < 1.29 is 13.9 Å². The number of methoxy groups -OCH3 is 2. The van der Waals surface area contributed by atoms with Crippen molar-refractivity contribution in [3.8, 4) is 33.9 Å². The lowest BCUT2D eigenvalue weighted by Crippen LogP contribution is -1.92. The Balaban J connectivity index is 2.09. The Morgan fingerprint density at radius 3 is 2.58 bits per heavy atom. The maximum absolute atomic E-state index is 14.8. The molecule has 0 saturated carbocycles. The molecule has 0 atom stereocenters. The van der Waals surface area contributed by atoms with E-state index in [1.165, 1.54) is 6.07 Å². The van der Waals surface area contributed by atoms with Gasteiger partial charge in [0.25, 0.3) is 0 Å². The lowest BCUT2D eigenvalue weighted by molar-refractivity contribution is 0.414. The van der Waals surface area contributed by atoms with Crippen molar-refractivity contribution >= 4 is 11.0 Å². The highest BCUT2D eigenvalue weighted by atomic mass is 19.1. The molecule has 2 aromatic carbocycles. The molecule has 4 rings (SSSR count). The van der Waals surface area contributed by atoms with Crippen LogP contribution in [0.2, 0.25) is 0 Å². The maximum atomic E-state index is 14.8. The first-order valence-electron chi connectivity index (χ1n) is 8.17. The normalized spacial score (nSPS) is 10.9. The fourth-order valence-electron chi connectivity index (χ4n) is 3.18. The van der Waals surface area contributed by atoms with Gasteiger partial charge in [0.2, 0.25) is 0 Å². The molecule has 0 aliphatic rings. The number of hydrogen-bond donors (Lipinski definition) is 1. The van der Waals surface area contributed by atoms with Crippen LogP contribution in [-0.4, -0.2) is 24.2 Å². The van der Waals surface area contributed by atoms with Crippen molar-refractivity contribution in [3.63, 3.8) is 0 Å². The first-order chi connectivity index (χ1) is 12.7. The van der Waals surface area contributed by atoms with E-state index in [1.807, 2.05) is 36.4 Å². The molecule has 0 unspecified atom stereocenters. The lowest BCUT2D eigenvalue weighted by atomic mass is 9.97. The minimum Gasteiger partial charge on any atom is -0.497 e. The molecule has 0 aliphatic carbocycles. The lowest BCUT2D eigenvalue weighted by Gasteiger charge is -2.11. The van der Waals surface area contributed by atoms with Crippen LogP contribution in [0.4, 0.5) is 4.39 Å². The van der Waals surface area contributed by atoms with Gasteiger partial charge in [0.15, 0.2) is 0 Å². The Morgan fingerprint density at radius 1 is 0.923 bits per heavy atom. The van der Waals surface area contributed by atoms with Crippen LogP contribution in [0.5, 0.6) is 11.5 Å². The molecule has 26 heavy (non-hydrogen) atoms. The molecule has 0 saturated heterocycles. The number of aromatic amines is 1. The van der Waals surface area contributed by atoms with Crippen molar-refractivity contribution in [3.05, 3.63) is 66.6 Å². The van der Waals surface area contributed by atoms with E-state index >= 15 is 0 Å². The molecular weight excluding hydrogens is 331 g/mol. The first-order valence-corrected chi connectivity index (χ1v) is 8.17. The van der Waals surface area contributed by atoms with Crippen molar-refractivity contribution in [2.24, 2.45) is 0 Å². The molecule has 0 fully saturated rings. The molecule has 2 aromatic heterocycles. The summed E-state index contributed by atoms with van der Waals surface area (Å²) >= 11 is 0. The number of rotatable bonds is 4. The van der Waals surface area contributed by atoms with Crippen LogP contribution in [0.25, 0.3) is 33.4 Å². The third kappa shape index (κ3) is 2.58. The van der Waals surface area contributed by atoms with Crippen LogP contribution in [0.3, 0.4) is 0 Å². The summed E-state index contributed by atoms with van der Waals surface area (Å²) in [7, 11) is 3.18. The molecule has 0 amide bonds. The number of nitrogens with one attached hydrogen (secondary N) is 1. The van der Waals surface area contributed by atoms with Crippen molar-refractivity contribution in [1.82, 2.24) is 9.97 Å². The molecule has 0 spiro atoms. The summed E-state index contributed by atoms with van der Waals surface area (Å²) in [5.41, 5.74) is 3.46. The average Bonchev–Trinajstić information content (AvgIpc) is 3.07. The van der Waals surface area contributed by atoms with E-state index in [2.05, 4.69) is 9.97 Å². The van der Waals surface area contributed by atoms with E-state index in [1.54, 1.807) is 32.5 Å². The number of pyridine rings is 1. The smallest absolute Gasteiger partial charge is 0.138 e. The second kappa shape index (κ2) is 6.52. The minimum absolute atomic E-state index is 0.327. The minimum atomic E-state index is -0.327. The van der Waals surface area contributed by atoms with Crippen molar-refractivity contribution in [2.75, 3.05) is 14.2 Å². The number of para-hydroxylation sites is 1. The van der Waals surface area contributed by atoms with Gasteiger partial charge in [-0.3, -0.25) is 0 Å². The second-order valence-corrected chi connectivity index (χ2v) is 5.82. The molecule has 0 aliphatic heterocycles. The largest absolute Gasteiger partial charge is 0.497 e. The predicted molar refractivity (Wildman–Crippen MR) is 100 cm³/mol. The van der Waals surface area contributed by atoms with Gasteiger partial charge in [-0.05, 0) is 42.5 Å². The SMILES string of the molecule is COc1ccc(F)c(-c2c(-c3ccccc3OC)[nH]c3ncccc23)c1. The summed E-state index contributed by atoms with van der Waals surface area (Å²) in [4.78, 5) is 7.71. The van der Waals surface area contributed by atoms with Crippen LogP contribution < -0.4 is 9.47 Å². The standard InChI is InChI=1S/C21H17FN2O2/c1-25-13-9-10-17(22)16(12-13)19-15-7-5-11-23-21(15)24-20(19)14-6-3-4-8-18(14)26-2/h3-12H,1-2H3,(H,23,24). The average molecular weight is 348 g/mol. The van der Waals surface area contributed by atoms with Crippen molar-refractivity contribution in [2.45, 2.75) is 0 Å². The molecule has 0 bridgehead atoms. The van der Waals surface area contributed by atoms with Crippen LogP contribution in [-0.2, 0) is 0 Å². The summed E-state index contributed by atoms with van der Waals surface area (Å²) in [5.74, 6) is 0.959. The summed E-state index contributed by atoms with van der Waals surface area (Å²) in [6, 6.07) is 16.1. The predicted octanol–water partition coefficient (Wildman–Crippen LogP) is 5.05.